The van der Waals surface area contributed by atoms with E-state index in [4.69, 9.17) is 9.47 Å². The fourth-order valence-corrected chi connectivity index (χ4v) is 3.15. The second-order valence-corrected chi connectivity index (χ2v) is 5.98. The average Bonchev–Trinajstić information content (AvgIpc) is 3.04. The van der Waals surface area contributed by atoms with E-state index in [2.05, 4.69) is 23.5 Å². The Hall–Kier alpha value is -2.49. The molecule has 0 unspecified atom stereocenters. The normalized spacial score (nSPS) is 12.6. The van der Waals surface area contributed by atoms with Gasteiger partial charge >= 0.3 is 0 Å². The van der Waals surface area contributed by atoms with Crippen LogP contribution in [0.15, 0.2) is 36.4 Å². The van der Waals surface area contributed by atoms with Crippen LogP contribution >= 0.6 is 0 Å². The van der Waals surface area contributed by atoms with E-state index in [0.717, 1.165) is 18.4 Å². The third-order valence-corrected chi connectivity index (χ3v) is 4.27. The zero-order valence-electron chi connectivity index (χ0n) is 14.2. The Morgan fingerprint density at radius 2 is 1.92 bits per heavy atom. The summed E-state index contributed by atoms with van der Waals surface area (Å²) in [6, 6.07) is 11.8. The first-order valence-corrected chi connectivity index (χ1v) is 8.41. The van der Waals surface area contributed by atoms with Crippen molar-refractivity contribution in [2.75, 3.05) is 19.0 Å². The molecular weight excluding hydrogens is 302 g/mol. The molecule has 1 N–H and O–H groups in total. The van der Waals surface area contributed by atoms with Gasteiger partial charge in [-0.2, -0.15) is 0 Å². The average molecular weight is 325 g/mol. The fourth-order valence-electron chi connectivity index (χ4n) is 3.15. The molecule has 2 aromatic carbocycles. The van der Waals surface area contributed by atoms with Gasteiger partial charge in [0.05, 0.1) is 20.1 Å². The van der Waals surface area contributed by atoms with Crippen molar-refractivity contribution in [3.05, 3.63) is 53.1 Å². The van der Waals surface area contributed by atoms with Gasteiger partial charge in [-0.1, -0.05) is 18.2 Å². The van der Waals surface area contributed by atoms with Gasteiger partial charge in [0.25, 0.3) is 0 Å². The Bertz CT molecular complexity index is 740. The van der Waals surface area contributed by atoms with E-state index in [1.807, 2.05) is 19.1 Å². The van der Waals surface area contributed by atoms with E-state index in [9.17, 15) is 4.79 Å². The highest BCUT2D eigenvalue weighted by Gasteiger charge is 2.13. The van der Waals surface area contributed by atoms with Crippen LogP contribution in [0.2, 0.25) is 0 Å². The molecule has 0 radical (unpaired) electrons. The Balaban J connectivity index is 1.66. The van der Waals surface area contributed by atoms with Crippen molar-refractivity contribution in [2.24, 2.45) is 0 Å². The third kappa shape index (κ3) is 3.70. The van der Waals surface area contributed by atoms with Gasteiger partial charge in [-0.05, 0) is 55.0 Å². The molecule has 24 heavy (non-hydrogen) atoms. The minimum atomic E-state index is -0.0286. The van der Waals surface area contributed by atoms with Gasteiger partial charge < -0.3 is 14.8 Å². The summed E-state index contributed by atoms with van der Waals surface area (Å²) in [7, 11) is 1.59. The number of carbonyl (C=O) groups is 1. The molecule has 1 amide bonds. The highest BCUT2D eigenvalue weighted by atomic mass is 16.5. The number of benzene rings is 2. The van der Waals surface area contributed by atoms with Gasteiger partial charge in [0, 0.05) is 11.8 Å². The first-order valence-electron chi connectivity index (χ1n) is 8.41. The number of aryl methyl sites for hydroxylation is 2. The molecule has 0 fully saturated rings. The van der Waals surface area contributed by atoms with Gasteiger partial charge in [0.15, 0.2) is 11.5 Å². The number of carbonyl (C=O) groups excluding carboxylic acids is 1. The van der Waals surface area contributed by atoms with E-state index < -0.39 is 0 Å². The predicted molar refractivity (Wildman–Crippen MR) is 95.0 cm³/mol. The number of anilines is 1. The smallest absolute Gasteiger partial charge is 0.228 e. The van der Waals surface area contributed by atoms with Crippen molar-refractivity contribution in [1.82, 2.24) is 0 Å². The summed E-state index contributed by atoms with van der Waals surface area (Å²) in [5, 5.41) is 2.93. The van der Waals surface area contributed by atoms with Gasteiger partial charge in [0.2, 0.25) is 5.91 Å². The van der Waals surface area contributed by atoms with Gasteiger partial charge in [0.1, 0.15) is 0 Å². The summed E-state index contributed by atoms with van der Waals surface area (Å²) >= 11 is 0. The van der Waals surface area contributed by atoms with Crippen LogP contribution in [0.4, 0.5) is 5.69 Å². The number of hydrogen-bond donors (Lipinski definition) is 1. The number of ether oxygens (including phenoxy) is 2. The lowest BCUT2D eigenvalue weighted by Crippen LogP contribution is -2.14. The van der Waals surface area contributed by atoms with Crippen molar-refractivity contribution in [1.29, 1.82) is 0 Å². The third-order valence-electron chi connectivity index (χ3n) is 4.27. The largest absolute Gasteiger partial charge is 0.493 e. The van der Waals surface area contributed by atoms with Crippen LogP contribution in [-0.2, 0) is 24.1 Å². The maximum atomic E-state index is 12.3. The number of amides is 1. The van der Waals surface area contributed by atoms with Crippen molar-refractivity contribution in [3.8, 4) is 11.5 Å². The van der Waals surface area contributed by atoms with Crippen molar-refractivity contribution < 1.29 is 14.3 Å². The molecule has 0 heterocycles. The van der Waals surface area contributed by atoms with Crippen LogP contribution in [0.3, 0.4) is 0 Å². The molecule has 0 spiro atoms. The van der Waals surface area contributed by atoms with Crippen molar-refractivity contribution in [2.45, 2.75) is 32.6 Å². The fraction of sp³-hybridized carbons (Fsp3) is 0.350. The lowest BCUT2D eigenvalue weighted by molar-refractivity contribution is -0.115. The first kappa shape index (κ1) is 16.4. The van der Waals surface area contributed by atoms with Gasteiger partial charge in [-0.3, -0.25) is 4.79 Å². The standard InChI is InChI=1S/C20H23NO3/c1-3-24-18-10-9-17(13-19(18)23-2)21-20(22)12-14-7-8-15-5-4-6-16(15)11-14/h7-11,13H,3-6,12H2,1-2H3,(H,21,22). The first-order chi connectivity index (χ1) is 11.7. The quantitative estimate of drug-likeness (QED) is 0.879. The van der Waals surface area contributed by atoms with Crippen LogP contribution < -0.4 is 14.8 Å². The summed E-state index contributed by atoms with van der Waals surface area (Å²) < 4.78 is 10.8. The summed E-state index contributed by atoms with van der Waals surface area (Å²) in [5.41, 5.74) is 4.59. The highest BCUT2D eigenvalue weighted by molar-refractivity contribution is 5.92. The number of rotatable bonds is 6. The molecule has 0 saturated carbocycles. The second kappa shape index (κ2) is 7.39. The van der Waals surface area contributed by atoms with Crippen LogP contribution in [0.5, 0.6) is 11.5 Å². The van der Waals surface area contributed by atoms with E-state index in [-0.39, 0.29) is 5.91 Å². The molecule has 0 aliphatic heterocycles. The molecule has 0 atom stereocenters. The minimum absolute atomic E-state index is 0.0286. The number of methoxy groups -OCH3 is 1. The topological polar surface area (TPSA) is 47.6 Å². The van der Waals surface area contributed by atoms with Crippen molar-refractivity contribution in [3.63, 3.8) is 0 Å². The Morgan fingerprint density at radius 1 is 1.08 bits per heavy atom. The zero-order valence-corrected chi connectivity index (χ0v) is 14.2. The summed E-state index contributed by atoms with van der Waals surface area (Å²) in [6.45, 7) is 2.49. The summed E-state index contributed by atoms with van der Waals surface area (Å²) in [5.74, 6) is 1.27. The molecule has 0 bridgehead atoms. The number of fused-ring (bicyclic) bond motifs is 1. The molecular formula is C20H23NO3. The van der Waals surface area contributed by atoms with E-state index >= 15 is 0 Å². The molecule has 1 aliphatic rings. The molecule has 0 aromatic heterocycles. The van der Waals surface area contributed by atoms with Crippen LogP contribution in [0, 0.1) is 0 Å². The molecule has 1 aliphatic carbocycles. The predicted octanol–water partition coefficient (Wildman–Crippen LogP) is 3.76. The Kier molecular flexibility index (Phi) is 5.04. The lowest BCUT2D eigenvalue weighted by atomic mass is 10.0. The maximum Gasteiger partial charge on any atom is 0.228 e. The maximum absolute atomic E-state index is 12.3. The Morgan fingerprint density at radius 3 is 2.71 bits per heavy atom. The molecule has 4 heteroatoms. The van der Waals surface area contributed by atoms with Gasteiger partial charge in [-0.15, -0.1) is 0 Å². The van der Waals surface area contributed by atoms with E-state index in [0.29, 0.717) is 30.2 Å². The van der Waals surface area contributed by atoms with Crippen LogP contribution in [0.25, 0.3) is 0 Å². The monoisotopic (exact) mass is 325 g/mol. The van der Waals surface area contributed by atoms with E-state index in [1.165, 1.54) is 17.5 Å². The SMILES string of the molecule is CCOc1ccc(NC(=O)Cc2ccc3c(c2)CCC3)cc1OC. The van der Waals surface area contributed by atoms with Crippen LogP contribution in [0.1, 0.15) is 30.0 Å². The number of nitrogens with one attached hydrogen (secondary N) is 1. The second-order valence-electron chi connectivity index (χ2n) is 5.98. The highest BCUT2D eigenvalue weighted by Crippen LogP contribution is 2.30. The van der Waals surface area contributed by atoms with Crippen LogP contribution in [-0.4, -0.2) is 19.6 Å². The molecule has 2 aromatic rings. The molecule has 3 rings (SSSR count). The van der Waals surface area contributed by atoms with E-state index in [1.54, 1.807) is 13.2 Å². The lowest BCUT2D eigenvalue weighted by Gasteiger charge is -2.12. The van der Waals surface area contributed by atoms with Crippen molar-refractivity contribution >= 4 is 11.6 Å². The Labute approximate surface area is 142 Å². The molecule has 4 nitrogen and oxygen atoms in total. The summed E-state index contributed by atoms with van der Waals surface area (Å²) in [6.07, 6.45) is 3.88. The minimum Gasteiger partial charge on any atom is -0.493 e. The molecule has 0 saturated heterocycles. The zero-order chi connectivity index (χ0) is 16.9. The van der Waals surface area contributed by atoms with Gasteiger partial charge in [-0.25, -0.2) is 0 Å². The molecule has 126 valence electrons. The number of hydrogen-bond acceptors (Lipinski definition) is 3. The summed E-state index contributed by atoms with van der Waals surface area (Å²) in [4.78, 5) is 12.3.